The first kappa shape index (κ1) is 25.3. The number of hydrogen-bond donors (Lipinski definition) is 0. The molecule has 2 aromatic carbocycles. The van der Waals surface area contributed by atoms with Crippen molar-refractivity contribution in [1.82, 2.24) is 14.5 Å². The number of ether oxygens (including phenoxy) is 3. The van der Waals surface area contributed by atoms with E-state index in [9.17, 15) is 4.79 Å². The molecule has 0 radical (unpaired) electrons. The van der Waals surface area contributed by atoms with Gasteiger partial charge in [0.05, 0.1) is 30.3 Å². The molecule has 0 aliphatic rings. The second-order valence-corrected chi connectivity index (χ2v) is 8.23. The first-order valence-electron chi connectivity index (χ1n) is 10.7. The molecule has 0 N–H and O–H groups in total. The van der Waals surface area contributed by atoms with Crippen LogP contribution in [-0.4, -0.2) is 47.3 Å². The van der Waals surface area contributed by atoms with E-state index in [-0.39, 0.29) is 24.9 Å². The van der Waals surface area contributed by atoms with Crippen LogP contribution in [-0.2, 0) is 11.3 Å². The number of halogens is 1. The Bertz CT molecular complexity index is 1180. The highest BCUT2D eigenvalue weighted by molar-refractivity contribution is 7.22. The Kier molecular flexibility index (Phi) is 9.12. The molecule has 4 aromatic rings. The summed E-state index contributed by atoms with van der Waals surface area (Å²) in [4.78, 5) is 23.6. The molecule has 34 heavy (non-hydrogen) atoms. The summed E-state index contributed by atoms with van der Waals surface area (Å²) in [7, 11) is 1.63. The molecule has 2 aromatic heterocycles. The molecule has 8 nitrogen and oxygen atoms in total. The van der Waals surface area contributed by atoms with Gasteiger partial charge in [0.15, 0.2) is 11.7 Å². The maximum Gasteiger partial charge on any atom is 0.266 e. The van der Waals surface area contributed by atoms with Crippen LogP contribution in [0.4, 0.5) is 5.13 Å². The summed E-state index contributed by atoms with van der Waals surface area (Å²) in [6.45, 7) is 3.71. The minimum absolute atomic E-state index is 0. The van der Waals surface area contributed by atoms with Crippen LogP contribution in [0, 0.1) is 0 Å². The Balaban J connectivity index is 0.00000324. The van der Waals surface area contributed by atoms with Gasteiger partial charge in [0, 0.05) is 25.5 Å². The molecule has 10 heteroatoms. The maximum atomic E-state index is 13.2. The van der Waals surface area contributed by atoms with E-state index in [4.69, 9.17) is 14.2 Å². The Hall–Kier alpha value is -3.30. The summed E-state index contributed by atoms with van der Waals surface area (Å²) >= 11 is 1.46. The Labute approximate surface area is 208 Å². The Morgan fingerprint density at radius 1 is 1.09 bits per heavy atom. The summed E-state index contributed by atoms with van der Waals surface area (Å²) < 4.78 is 19.5. The summed E-state index contributed by atoms with van der Waals surface area (Å²) in [5.74, 6) is 1.98. The number of thiazole rings is 1. The van der Waals surface area contributed by atoms with Crippen molar-refractivity contribution >= 4 is 45.0 Å². The van der Waals surface area contributed by atoms with Crippen LogP contribution in [0.25, 0.3) is 10.2 Å². The molecule has 180 valence electrons. The van der Waals surface area contributed by atoms with Crippen LogP contribution in [0.1, 0.15) is 13.3 Å². The number of methoxy groups -OCH3 is 1. The number of benzene rings is 2. The van der Waals surface area contributed by atoms with Gasteiger partial charge in [-0.1, -0.05) is 11.3 Å². The van der Waals surface area contributed by atoms with Crippen molar-refractivity contribution in [2.75, 3.05) is 31.8 Å². The molecule has 0 unspecified atom stereocenters. The normalized spacial score (nSPS) is 10.5. The molecule has 0 atom stereocenters. The van der Waals surface area contributed by atoms with E-state index < -0.39 is 0 Å². The van der Waals surface area contributed by atoms with Crippen LogP contribution >= 0.6 is 23.7 Å². The van der Waals surface area contributed by atoms with Gasteiger partial charge >= 0.3 is 0 Å². The smallest absolute Gasteiger partial charge is 0.266 e. The standard InChI is InChI=1S/C24H26N4O4S.ClH/c1-3-31-18-5-7-19(8-6-18)32-16-23(29)28(13-4-12-27-14-11-25-17-27)24-26-21-10-9-20(30-2)15-22(21)33-24;/h5-11,14-15,17H,3-4,12-13,16H2,1-2H3;1H. The average Bonchev–Trinajstić information content (AvgIpc) is 3.50. The fraction of sp³-hybridized carbons (Fsp3) is 0.292. The predicted molar refractivity (Wildman–Crippen MR) is 136 cm³/mol. The third-order valence-electron chi connectivity index (χ3n) is 4.97. The number of hydrogen-bond acceptors (Lipinski definition) is 7. The summed E-state index contributed by atoms with van der Waals surface area (Å²) in [6.07, 6.45) is 6.18. The van der Waals surface area contributed by atoms with Crippen molar-refractivity contribution in [3.05, 3.63) is 61.2 Å². The van der Waals surface area contributed by atoms with Crippen molar-refractivity contribution in [2.45, 2.75) is 19.9 Å². The van der Waals surface area contributed by atoms with E-state index in [1.807, 2.05) is 48.0 Å². The number of carbonyl (C=O) groups excluding carboxylic acids is 1. The number of anilines is 1. The zero-order valence-electron chi connectivity index (χ0n) is 19.0. The van der Waals surface area contributed by atoms with Crippen LogP contribution in [0.5, 0.6) is 17.2 Å². The summed E-state index contributed by atoms with van der Waals surface area (Å²) in [5, 5.41) is 0.643. The minimum Gasteiger partial charge on any atom is -0.497 e. The van der Waals surface area contributed by atoms with Gasteiger partial charge < -0.3 is 18.8 Å². The van der Waals surface area contributed by atoms with Crippen molar-refractivity contribution in [2.24, 2.45) is 0 Å². The highest BCUT2D eigenvalue weighted by Gasteiger charge is 2.20. The van der Waals surface area contributed by atoms with Gasteiger partial charge in [0.2, 0.25) is 0 Å². The predicted octanol–water partition coefficient (Wildman–Crippen LogP) is 4.82. The number of imidazole rings is 1. The van der Waals surface area contributed by atoms with Gasteiger partial charge in [-0.15, -0.1) is 12.4 Å². The first-order valence-corrected chi connectivity index (χ1v) is 11.5. The number of amides is 1. The molecule has 0 fully saturated rings. The Morgan fingerprint density at radius 3 is 2.50 bits per heavy atom. The van der Waals surface area contributed by atoms with Gasteiger partial charge in [-0.05, 0) is 55.8 Å². The van der Waals surface area contributed by atoms with E-state index in [0.717, 1.165) is 34.7 Å². The zero-order chi connectivity index (χ0) is 23.0. The number of aromatic nitrogens is 3. The lowest BCUT2D eigenvalue weighted by molar-refractivity contribution is -0.120. The van der Waals surface area contributed by atoms with E-state index in [0.29, 0.717) is 24.0 Å². The average molecular weight is 503 g/mol. The third kappa shape index (κ3) is 6.39. The molecule has 0 saturated heterocycles. The van der Waals surface area contributed by atoms with Crippen molar-refractivity contribution in [3.63, 3.8) is 0 Å². The zero-order valence-corrected chi connectivity index (χ0v) is 20.7. The molecule has 4 rings (SSSR count). The van der Waals surface area contributed by atoms with E-state index >= 15 is 0 Å². The topological polar surface area (TPSA) is 78.7 Å². The first-order chi connectivity index (χ1) is 16.2. The summed E-state index contributed by atoms with van der Waals surface area (Å²) in [6, 6.07) is 12.9. The lowest BCUT2D eigenvalue weighted by atomic mass is 10.3. The molecular weight excluding hydrogens is 476 g/mol. The van der Waals surface area contributed by atoms with Gasteiger partial charge in [0.25, 0.3) is 5.91 Å². The SMILES string of the molecule is CCOc1ccc(OCC(=O)N(CCCn2ccnc2)c2nc3ccc(OC)cc3s2)cc1.Cl. The Morgan fingerprint density at radius 2 is 1.82 bits per heavy atom. The molecule has 2 heterocycles. The monoisotopic (exact) mass is 502 g/mol. The molecule has 0 bridgehead atoms. The summed E-state index contributed by atoms with van der Waals surface area (Å²) in [5.41, 5.74) is 0.829. The van der Waals surface area contributed by atoms with Gasteiger partial charge in [-0.3, -0.25) is 9.69 Å². The third-order valence-corrected chi connectivity index (χ3v) is 6.01. The number of nitrogens with zero attached hydrogens (tertiary/aromatic N) is 4. The van der Waals surface area contributed by atoms with E-state index in [2.05, 4.69) is 9.97 Å². The highest BCUT2D eigenvalue weighted by Crippen LogP contribution is 2.32. The lowest BCUT2D eigenvalue weighted by Gasteiger charge is -2.20. The van der Waals surface area contributed by atoms with Crippen molar-refractivity contribution < 1.29 is 19.0 Å². The number of rotatable bonds is 11. The molecular formula is C24H27ClN4O4S. The van der Waals surface area contributed by atoms with Crippen molar-refractivity contribution in [3.8, 4) is 17.2 Å². The van der Waals surface area contributed by atoms with Crippen LogP contribution in [0.2, 0.25) is 0 Å². The van der Waals surface area contributed by atoms with Crippen LogP contribution in [0.3, 0.4) is 0 Å². The molecule has 0 spiro atoms. The molecule has 0 aliphatic heterocycles. The maximum absolute atomic E-state index is 13.2. The number of fused-ring (bicyclic) bond motifs is 1. The quantitative estimate of drug-likeness (QED) is 0.292. The largest absolute Gasteiger partial charge is 0.497 e. The fourth-order valence-electron chi connectivity index (χ4n) is 3.31. The van der Waals surface area contributed by atoms with E-state index in [1.54, 1.807) is 36.7 Å². The van der Waals surface area contributed by atoms with E-state index in [1.165, 1.54) is 11.3 Å². The highest BCUT2D eigenvalue weighted by atomic mass is 35.5. The van der Waals surface area contributed by atoms with Gasteiger partial charge in [-0.2, -0.15) is 0 Å². The van der Waals surface area contributed by atoms with Gasteiger partial charge in [0.1, 0.15) is 17.2 Å². The molecule has 0 aliphatic carbocycles. The van der Waals surface area contributed by atoms with Gasteiger partial charge in [-0.25, -0.2) is 9.97 Å². The minimum atomic E-state index is -0.152. The number of carbonyl (C=O) groups is 1. The second kappa shape index (κ2) is 12.2. The van der Waals surface area contributed by atoms with Crippen LogP contribution in [0.15, 0.2) is 61.2 Å². The lowest BCUT2D eigenvalue weighted by Crippen LogP contribution is -2.36. The molecule has 0 saturated carbocycles. The number of aryl methyl sites for hydroxylation is 1. The fourth-order valence-corrected chi connectivity index (χ4v) is 4.35. The second-order valence-electron chi connectivity index (χ2n) is 7.22. The van der Waals surface area contributed by atoms with Crippen molar-refractivity contribution in [1.29, 1.82) is 0 Å². The van der Waals surface area contributed by atoms with Crippen LogP contribution < -0.4 is 19.1 Å². The molecule has 1 amide bonds.